The van der Waals surface area contributed by atoms with Gasteiger partial charge in [0.05, 0.1) is 11.4 Å². The van der Waals surface area contributed by atoms with E-state index in [1.165, 1.54) is 72.8 Å². The standard InChI is InChI=1S/C26H18Cl2N4O6/c1-14(2-12-19-21(33)29-25(37)31(23(19)35)17-8-4-15(27)5-9-17)3-13-20-22(34)30-26(38)32(24(20)36)18-10-6-16(28)7-11-18/h2-13,35H,1H3,(H,29,33,37)(H,30,34,38). The lowest BCUT2D eigenvalue weighted by Gasteiger charge is -2.26. The van der Waals surface area contributed by atoms with Crippen LogP contribution in [0.1, 0.15) is 12.5 Å². The summed E-state index contributed by atoms with van der Waals surface area (Å²) in [6.07, 6.45) is 5.35. The second kappa shape index (κ2) is 10.8. The third-order valence-electron chi connectivity index (χ3n) is 5.42. The number of imide groups is 2. The molecule has 0 atom stereocenters. The highest BCUT2D eigenvalue weighted by Gasteiger charge is 2.36. The normalized spacial score (nSPS) is 15.4. The summed E-state index contributed by atoms with van der Waals surface area (Å²) in [6, 6.07) is 11.1. The number of benzene rings is 2. The Morgan fingerprint density at radius 2 is 1.47 bits per heavy atom. The van der Waals surface area contributed by atoms with Crippen molar-refractivity contribution in [1.29, 1.82) is 0 Å². The minimum Gasteiger partial charge on any atom is -0.494 e. The van der Waals surface area contributed by atoms with Crippen LogP contribution in [0.5, 0.6) is 5.88 Å². The zero-order valence-electron chi connectivity index (χ0n) is 19.6. The van der Waals surface area contributed by atoms with E-state index in [0.717, 1.165) is 9.47 Å². The van der Waals surface area contributed by atoms with E-state index in [1.807, 2.05) is 0 Å². The molecule has 0 aliphatic carbocycles. The predicted molar refractivity (Wildman–Crippen MR) is 143 cm³/mol. The van der Waals surface area contributed by atoms with Crippen molar-refractivity contribution in [3.05, 3.63) is 114 Å². The van der Waals surface area contributed by atoms with E-state index in [1.54, 1.807) is 6.92 Å². The van der Waals surface area contributed by atoms with Gasteiger partial charge in [-0.15, -0.1) is 0 Å². The van der Waals surface area contributed by atoms with E-state index < -0.39 is 35.0 Å². The van der Waals surface area contributed by atoms with E-state index >= 15 is 0 Å². The first-order valence-corrected chi connectivity index (χ1v) is 11.7. The average Bonchev–Trinajstić information content (AvgIpc) is 2.85. The first kappa shape index (κ1) is 26.4. The number of halogens is 2. The number of rotatable bonds is 5. The molecule has 2 heterocycles. The average molecular weight is 553 g/mol. The molecule has 2 aromatic carbocycles. The van der Waals surface area contributed by atoms with Gasteiger partial charge in [-0.2, -0.15) is 0 Å². The van der Waals surface area contributed by atoms with Crippen LogP contribution in [-0.2, 0) is 9.59 Å². The molecule has 1 aliphatic rings. The van der Waals surface area contributed by atoms with Gasteiger partial charge in [0, 0.05) is 10.0 Å². The minimum absolute atomic E-state index is 0.203. The first-order valence-electron chi connectivity index (χ1n) is 10.9. The van der Waals surface area contributed by atoms with Crippen LogP contribution in [-0.4, -0.2) is 32.5 Å². The highest BCUT2D eigenvalue weighted by atomic mass is 35.5. The molecule has 3 N–H and O–H groups in total. The van der Waals surface area contributed by atoms with Crippen LogP contribution in [0.2, 0.25) is 10.0 Å². The largest absolute Gasteiger partial charge is 0.494 e. The lowest BCUT2D eigenvalue weighted by molar-refractivity contribution is -0.122. The molecule has 10 nitrogen and oxygen atoms in total. The van der Waals surface area contributed by atoms with Gasteiger partial charge in [-0.05, 0) is 67.6 Å². The molecule has 1 fully saturated rings. The molecule has 0 saturated carbocycles. The summed E-state index contributed by atoms with van der Waals surface area (Å²) in [6.45, 7) is 1.61. The molecule has 1 aliphatic heterocycles. The Morgan fingerprint density at radius 1 is 0.895 bits per heavy atom. The van der Waals surface area contributed by atoms with Crippen molar-refractivity contribution in [3.8, 4) is 11.6 Å². The minimum atomic E-state index is -0.898. The van der Waals surface area contributed by atoms with Crippen molar-refractivity contribution in [2.45, 2.75) is 6.92 Å². The predicted octanol–water partition coefficient (Wildman–Crippen LogP) is 3.71. The number of aromatic amines is 1. The molecular formula is C26H18Cl2N4O6. The molecule has 0 bridgehead atoms. The molecule has 1 saturated heterocycles. The molecule has 38 heavy (non-hydrogen) atoms. The third kappa shape index (κ3) is 5.36. The van der Waals surface area contributed by atoms with Gasteiger partial charge >= 0.3 is 11.7 Å². The number of nitrogens with one attached hydrogen (secondary N) is 2. The molecule has 0 unspecified atom stereocenters. The SMILES string of the molecule is CC(C=Cc1c(O)n(-c2ccc(Cl)cc2)c(=O)[nH]c1=O)=CC=C1C(=O)NC(=O)N(c2ccc(Cl)cc2)C1=O. The fourth-order valence-electron chi connectivity index (χ4n) is 3.51. The molecule has 0 radical (unpaired) electrons. The lowest BCUT2D eigenvalue weighted by Crippen LogP contribution is -2.54. The molecule has 4 rings (SSSR count). The molecular weight excluding hydrogens is 535 g/mol. The lowest BCUT2D eigenvalue weighted by atomic mass is 10.1. The highest BCUT2D eigenvalue weighted by Crippen LogP contribution is 2.23. The number of aromatic hydroxyl groups is 1. The van der Waals surface area contributed by atoms with E-state index in [2.05, 4.69) is 10.3 Å². The van der Waals surface area contributed by atoms with E-state index in [9.17, 15) is 29.1 Å². The molecule has 12 heteroatoms. The molecule has 1 aromatic heterocycles. The van der Waals surface area contributed by atoms with Crippen molar-refractivity contribution < 1.29 is 19.5 Å². The summed E-state index contributed by atoms with van der Waals surface area (Å²) in [5.41, 5.74) is -1.20. The fourth-order valence-corrected chi connectivity index (χ4v) is 3.76. The molecule has 0 spiro atoms. The van der Waals surface area contributed by atoms with Crippen LogP contribution in [0.25, 0.3) is 11.8 Å². The van der Waals surface area contributed by atoms with Gasteiger partial charge in [0.25, 0.3) is 17.4 Å². The summed E-state index contributed by atoms with van der Waals surface area (Å²) in [7, 11) is 0. The number of allylic oxidation sites excluding steroid dienone is 4. The maximum absolute atomic E-state index is 12.9. The monoisotopic (exact) mass is 552 g/mol. The summed E-state index contributed by atoms with van der Waals surface area (Å²) in [5.74, 6) is -2.30. The van der Waals surface area contributed by atoms with Crippen LogP contribution in [0.15, 0.2) is 87.5 Å². The van der Waals surface area contributed by atoms with Crippen LogP contribution in [0.4, 0.5) is 10.5 Å². The number of amides is 4. The number of urea groups is 1. The summed E-state index contributed by atoms with van der Waals surface area (Å²) >= 11 is 11.7. The first-order chi connectivity index (χ1) is 18.1. The van der Waals surface area contributed by atoms with Gasteiger partial charge in [-0.25, -0.2) is 19.1 Å². The van der Waals surface area contributed by atoms with Crippen molar-refractivity contribution in [2.75, 3.05) is 4.90 Å². The number of anilines is 1. The zero-order chi connectivity index (χ0) is 27.6. The summed E-state index contributed by atoms with van der Waals surface area (Å²) in [5, 5.41) is 13.6. The number of nitrogens with zero attached hydrogens (tertiary/aromatic N) is 2. The number of hydrogen-bond acceptors (Lipinski definition) is 6. The fraction of sp³-hybridized carbons (Fsp3) is 0.0385. The quantitative estimate of drug-likeness (QED) is 0.250. The number of carbonyl (C=O) groups excluding carboxylic acids is 3. The van der Waals surface area contributed by atoms with Gasteiger partial charge in [0.1, 0.15) is 11.1 Å². The van der Waals surface area contributed by atoms with Crippen molar-refractivity contribution >= 4 is 52.8 Å². The van der Waals surface area contributed by atoms with E-state index in [4.69, 9.17) is 23.2 Å². The van der Waals surface area contributed by atoms with Gasteiger partial charge < -0.3 is 5.11 Å². The summed E-state index contributed by atoms with van der Waals surface area (Å²) in [4.78, 5) is 65.1. The van der Waals surface area contributed by atoms with Gasteiger partial charge in [-0.1, -0.05) is 40.9 Å². The maximum atomic E-state index is 12.9. The van der Waals surface area contributed by atoms with E-state index in [-0.39, 0.29) is 22.5 Å². The number of aromatic nitrogens is 2. The zero-order valence-corrected chi connectivity index (χ0v) is 21.1. The Balaban J connectivity index is 1.64. The molecule has 192 valence electrons. The van der Waals surface area contributed by atoms with Crippen molar-refractivity contribution in [3.63, 3.8) is 0 Å². The number of barbiturate groups is 1. The van der Waals surface area contributed by atoms with E-state index in [0.29, 0.717) is 15.6 Å². The Kier molecular flexibility index (Phi) is 7.47. The second-order valence-corrected chi connectivity index (χ2v) is 8.88. The maximum Gasteiger partial charge on any atom is 0.335 e. The summed E-state index contributed by atoms with van der Waals surface area (Å²) < 4.78 is 0.909. The molecule has 3 aromatic rings. The highest BCUT2D eigenvalue weighted by molar-refractivity contribution is 6.37. The van der Waals surface area contributed by atoms with Crippen LogP contribution >= 0.6 is 23.2 Å². The van der Waals surface area contributed by atoms with Crippen LogP contribution < -0.4 is 21.5 Å². The van der Waals surface area contributed by atoms with Gasteiger partial charge in [0.2, 0.25) is 5.88 Å². The Labute approximate surface area is 224 Å². The number of carbonyl (C=O) groups is 3. The van der Waals surface area contributed by atoms with Crippen LogP contribution in [0, 0.1) is 0 Å². The molecule has 4 amide bonds. The topological polar surface area (TPSA) is 142 Å². The van der Waals surface area contributed by atoms with Crippen molar-refractivity contribution in [2.24, 2.45) is 0 Å². The Hall–Kier alpha value is -4.67. The van der Waals surface area contributed by atoms with Gasteiger partial charge in [0.15, 0.2) is 0 Å². The van der Waals surface area contributed by atoms with Crippen molar-refractivity contribution in [1.82, 2.24) is 14.9 Å². The smallest absolute Gasteiger partial charge is 0.335 e. The van der Waals surface area contributed by atoms with Crippen LogP contribution in [0.3, 0.4) is 0 Å². The number of hydrogen-bond donors (Lipinski definition) is 3. The number of H-pyrrole nitrogens is 1. The second-order valence-electron chi connectivity index (χ2n) is 8.01. The van der Waals surface area contributed by atoms with Gasteiger partial charge in [-0.3, -0.25) is 24.7 Å². The Morgan fingerprint density at radius 3 is 2.08 bits per heavy atom. The Bertz CT molecular complexity index is 1670. The third-order valence-corrected chi connectivity index (χ3v) is 5.92.